The standard InChI is InChI=1S/C17H24FN5O2/c1-11(2)22-5-7-23(8-6-22)16-13(18)9-12(10-19-16)20-14-3-4-15(24)21-17(14)25/h9-11,14,20H,3-8H2,1-2H3,(H,21,24,25). The molecule has 2 aliphatic heterocycles. The van der Waals surface area contributed by atoms with E-state index in [1.807, 2.05) is 4.90 Å². The molecule has 0 saturated carbocycles. The zero-order valence-corrected chi connectivity index (χ0v) is 14.6. The number of amides is 2. The van der Waals surface area contributed by atoms with E-state index in [1.165, 1.54) is 12.3 Å². The normalized spacial score (nSPS) is 22.2. The van der Waals surface area contributed by atoms with Crippen molar-refractivity contribution >= 4 is 23.3 Å². The van der Waals surface area contributed by atoms with Crippen LogP contribution < -0.4 is 15.5 Å². The maximum absolute atomic E-state index is 14.5. The summed E-state index contributed by atoms with van der Waals surface area (Å²) in [6.45, 7) is 7.56. The average molecular weight is 349 g/mol. The number of imide groups is 1. The van der Waals surface area contributed by atoms with Gasteiger partial charge in [0.15, 0.2) is 11.6 Å². The summed E-state index contributed by atoms with van der Waals surface area (Å²) >= 11 is 0. The van der Waals surface area contributed by atoms with Gasteiger partial charge in [-0.3, -0.25) is 19.8 Å². The number of hydrogen-bond acceptors (Lipinski definition) is 6. The number of pyridine rings is 1. The molecule has 1 aromatic heterocycles. The van der Waals surface area contributed by atoms with Gasteiger partial charge in [0.05, 0.1) is 11.9 Å². The number of piperidine rings is 1. The SMILES string of the molecule is CC(C)N1CCN(c2ncc(NC3CCC(=O)NC3=O)cc2F)CC1. The fourth-order valence-corrected chi connectivity index (χ4v) is 3.22. The molecule has 1 aromatic rings. The second-order valence-corrected chi connectivity index (χ2v) is 6.79. The van der Waals surface area contributed by atoms with Crippen molar-refractivity contribution in [2.24, 2.45) is 0 Å². The van der Waals surface area contributed by atoms with Crippen LogP contribution in [0.2, 0.25) is 0 Å². The van der Waals surface area contributed by atoms with Crippen LogP contribution in [0.15, 0.2) is 12.3 Å². The van der Waals surface area contributed by atoms with E-state index in [0.717, 1.165) is 26.2 Å². The molecule has 2 amide bonds. The van der Waals surface area contributed by atoms with E-state index < -0.39 is 11.9 Å². The maximum atomic E-state index is 14.5. The summed E-state index contributed by atoms with van der Waals surface area (Å²) in [5.41, 5.74) is 0.441. The van der Waals surface area contributed by atoms with Gasteiger partial charge >= 0.3 is 0 Å². The van der Waals surface area contributed by atoms with Crippen molar-refractivity contribution in [3.63, 3.8) is 0 Å². The van der Waals surface area contributed by atoms with Gasteiger partial charge in [0.2, 0.25) is 11.8 Å². The molecule has 25 heavy (non-hydrogen) atoms. The minimum Gasteiger partial charge on any atom is -0.372 e. The average Bonchev–Trinajstić information content (AvgIpc) is 2.58. The van der Waals surface area contributed by atoms with Crippen LogP contribution >= 0.6 is 0 Å². The molecule has 0 aliphatic carbocycles. The molecule has 3 heterocycles. The number of nitrogens with one attached hydrogen (secondary N) is 2. The molecule has 0 spiro atoms. The van der Waals surface area contributed by atoms with Gasteiger partial charge in [-0.15, -0.1) is 0 Å². The lowest BCUT2D eigenvalue weighted by molar-refractivity contribution is -0.133. The Balaban J connectivity index is 1.63. The molecule has 0 radical (unpaired) electrons. The number of carbonyl (C=O) groups is 2. The first-order chi connectivity index (χ1) is 11.9. The van der Waals surface area contributed by atoms with E-state index in [0.29, 0.717) is 24.0 Å². The molecule has 1 unspecified atom stereocenters. The molecule has 0 aromatic carbocycles. The number of anilines is 2. The molecule has 2 N–H and O–H groups in total. The molecule has 2 saturated heterocycles. The number of aromatic nitrogens is 1. The molecule has 8 heteroatoms. The number of piperazine rings is 1. The van der Waals surface area contributed by atoms with Crippen LogP contribution in [-0.4, -0.2) is 60.0 Å². The Morgan fingerprint density at radius 2 is 2.00 bits per heavy atom. The first-order valence-corrected chi connectivity index (χ1v) is 8.69. The molecule has 2 fully saturated rings. The summed E-state index contributed by atoms with van der Waals surface area (Å²) in [6.07, 6.45) is 2.21. The van der Waals surface area contributed by atoms with Crippen LogP contribution in [0.3, 0.4) is 0 Å². The highest BCUT2D eigenvalue weighted by Crippen LogP contribution is 2.22. The van der Waals surface area contributed by atoms with Crippen molar-refractivity contribution in [1.82, 2.24) is 15.2 Å². The second-order valence-electron chi connectivity index (χ2n) is 6.79. The van der Waals surface area contributed by atoms with Gasteiger partial charge in [0.1, 0.15) is 6.04 Å². The predicted octanol–water partition coefficient (Wildman–Crippen LogP) is 0.968. The topological polar surface area (TPSA) is 77.6 Å². The van der Waals surface area contributed by atoms with E-state index in [9.17, 15) is 14.0 Å². The third-order valence-corrected chi connectivity index (χ3v) is 4.75. The molecule has 2 aliphatic rings. The van der Waals surface area contributed by atoms with Crippen molar-refractivity contribution in [3.8, 4) is 0 Å². The Morgan fingerprint density at radius 1 is 1.28 bits per heavy atom. The lowest BCUT2D eigenvalue weighted by atomic mass is 10.1. The van der Waals surface area contributed by atoms with Crippen LogP contribution in [-0.2, 0) is 9.59 Å². The van der Waals surface area contributed by atoms with Crippen molar-refractivity contribution in [3.05, 3.63) is 18.1 Å². The number of hydrogen-bond donors (Lipinski definition) is 2. The van der Waals surface area contributed by atoms with E-state index in [2.05, 4.69) is 34.4 Å². The minimum absolute atomic E-state index is 0.275. The van der Waals surface area contributed by atoms with Gasteiger partial charge in [-0.2, -0.15) is 0 Å². The third kappa shape index (κ3) is 4.07. The molecular formula is C17H24FN5O2. The van der Waals surface area contributed by atoms with Gasteiger partial charge in [0, 0.05) is 44.7 Å². The predicted molar refractivity (Wildman–Crippen MR) is 92.9 cm³/mol. The zero-order valence-electron chi connectivity index (χ0n) is 14.6. The number of halogens is 1. The van der Waals surface area contributed by atoms with Crippen LogP contribution in [0.25, 0.3) is 0 Å². The molecule has 136 valence electrons. The van der Waals surface area contributed by atoms with E-state index in [-0.39, 0.29) is 18.2 Å². The highest BCUT2D eigenvalue weighted by Gasteiger charge is 2.27. The van der Waals surface area contributed by atoms with Crippen LogP contribution in [0.4, 0.5) is 15.9 Å². The summed E-state index contributed by atoms with van der Waals surface area (Å²) in [4.78, 5) is 31.5. The van der Waals surface area contributed by atoms with Crippen LogP contribution in [0.1, 0.15) is 26.7 Å². The number of nitrogens with zero attached hydrogens (tertiary/aromatic N) is 3. The van der Waals surface area contributed by atoms with E-state index in [1.54, 1.807) is 0 Å². The highest BCUT2D eigenvalue weighted by molar-refractivity contribution is 6.01. The summed E-state index contributed by atoms with van der Waals surface area (Å²) in [6, 6.07) is 1.31. The van der Waals surface area contributed by atoms with Gasteiger partial charge in [-0.1, -0.05) is 0 Å². The van der Waals surface area contributed by atoms with Crippen molar-refractivity contribution in [2.45, 2.75) is 38.8 Å². The highest BCUT2D eigenvalue weighted by atomic mass is 19.1. The first-order valence-electron chi connectivity index (χ1n) is 8.69. The monoisotopic (exact) mass is 349 g/mol. The van der Waals surface area contributed by atoms with E-state index in [4.69, 9.17) is 0 Å². The maximum Gasteiger partial charge on any atom is 0.249 e. The Kier molecular flexibility index (Phi) is 5.17. The van der Waals surface area contributed by atoms with Gasteiger partial charge < -0.3 is 10.2 Å². The lowest BCUT2D eigenvalue weighted by Crippen LogP contribution is -2.49. The summed E-state index contributed by atoms with van der Waals surface area (Å²) in [5.74, 6) is -0.721. The van der Waals surface area contributed by atoms with Crippen LogP contribution in [0, 0.1) is 5.82 Å². The molecular weight excluding hydrogens is 325 g/mol. The Bertz CT molecular complexity index is 658. The molecule has 3 rings (SSSR count). The third-order valence-electron chi connectivity index (χ3n) is 4.75. The fraction of sp³-hybridized carbons (Fsp3) is 0.588. The molecule has 0 bridgehead atoms. The van der Waals surface area contributed by atoms with Gasteiger partial charge in [0.25, 0.3) is 0 Å². The number of rotatable bonds is 4. The molecule has 1 atom stereocenters. The fourth-order valence-electron chi connectivity index (χ4n) is 3.22. The summed E-state index contributed by atoms with van der Waals surface area (Å²) in [7, 11) is 0. The Morgan fingerprint density at radius 3 is 2.60 bits per heavy atom. The Hall–Kier alpha value is -2.22. The lowest BCUT2D eigenvalue weighted by Gasteiger charge is -2.37. The van der Waals surface area contributed by atoms with Gasteiger partial charge in [-0.25, -0.2) is 9.37 Å². The van der Waals surface area contributed by atoms with Crippen molar-refractivity contribution in [1.29, 1.82) is 0 Å². The minimum atomic E-state index is -0.542. The quantitative estimate of drug-likeness (QED) is 0.789. The van der Waals surface area contributed by atoms with Crippen molar-refractivity contribution in [2.75, 3.05) is 36.4 Å². The van der Waals surface area contributed by atoms with Crippen molar-refractivity contribution < 1.29 is 14.0 Å². The van der Waals surface area contributed by atoms with Crippen LogP contribution in [0.5, 0.6) is 0 Å². The summed E-state index contributed by atoms with van der Waals surface area (Å²) in [5, 5.41) is 5.22. The first kappa shape index (κ1) is 17.6. The largest absolute Gasteiger partial charge is 0.372 e. The summed E-state index contributed by atoms with van der Waals surface area (Å²) < 4.78 is 14.5. The van der Waals surface area contributed by atoms with Gasteiger partial charge in [-0.05, 0) is 20.3 Å². The number of carbonyl (C=O) groups excluding carboxylic acids is 2. The second kappa shape index (κ2) is 7.35. The zero-order chi connectivity index (χ0) is 18.0. The van der Waals surface area contributed by atoms with E-state index >= 15 is 0 Å². The molecule has 7 nitrogen and oxygen atoms in total. The smallest absolute Gasteiger partial charge is 0.249 e. The Labute approximate surface area is 146 Å².